The molecule has 0 spiro atoms. The Morgan fingerprint density at radius 3 is 2.71 bits per heavy atom. The summed E-state index contributed by atoms with van der Waals surface area (Å²) in [7, 11) is 0. The van der Waals surface area contributed by atoms with Crippen molar-refractivity contribution in [1.82, 2.24) is 15.5 Å². The normalized spacial score (nSPS) is 19.8. The van der Waals surface area contributed by atoms with E-state index in [-0.39, 0.29) is 30.7 Å². The van der Waals surface area contributed by atoms with E-state index in [0.717, 1.165) is 28.7 Å². The van der Waals surface area contributed by atoms with Gasteiger partial charge in [-0.25, -0.2) is 4.79 Å². The largest absolute Gasteiger partial charge is 0.355 e. The van der Waals surface area contributed by atoms with Crippen LogP contribution in [0.3, 0.4) is 0 Å². The first-order chi connectivity index (χ1) is 18.3. The van der Waals surface area contributed by atoms with E-state index >= 15 is 0 Å². The highest BCUT2D eigenvalue weighted by Crippen LogP contribution is 2.29. The molecule has 1 unspecified atom stereocenters. The summed E-state index contributed by atoms with van der Waals surface area (Å²) in [6, 6.07) is 7.97. The Kier molecular flexibility index (Phi) is 7.64. The minimum absolute atomic E-state index is 0.202. The first-order valence-corrected chi connectivity index (χ1v) is 12.9. The number of nitrogens with one attached hydrogen (secondary N) is 3. The van der Waals surface area contributed by atoms with Crippen molar-refractivity contribution in [2.24, 2.45) is 5.92 Å². The molecular weight excluding hydrogens is 512 g/mol. The fourth-order valence-electron chi connectivity index (χ4n) is 5.05. The number of nitrogens with zero attached hydrogens (tertiary/aromatic N) is 1. The zero-order chi connectivity index (χ0) is 26.8. The van der Waals surface area contributed by atoms with Crippen LogP contribution in [0.15, 0.2) is 30.3 Å². The molecule has 10 nitrogen and oxygen atoms in total. The zero-order valence-corrected chi connectivity index (χ0v) is 21.7. The highest BCUT2D eigenvalue weighted by atomic mass is 35.5. The van der Waals surface area contributed by atoms with Crippen LogP contribution in [0, 0.1) is 12.8 Å². The fraction of sp³-hybridized carbons (Fsp3) is 0.407. The second-order valence-corrected chi connectivity index (χ2v) is 10.3. The van der Waals surface area contributed by atoms with Crippen LogP contribution < -0.4 is 16.0 Å². The number of ether oxygens (including phenoxy) is 2. The monoisotopic (exact) mass is 540 g/mol. The molecule has 2 aromatic carbocycles. The minimum Gasteiger partial charge on any atom is -0.355 e. The molecule has 2 fully saturated rings. The smallest absolute Gasteiger partial charge is 0.319 e. The molecule has 1 atom stereocenters. The molecule has 3 aliphatic heterocycles. The molecule has 3 N–H and O–H groups in total. The summed E-state index contributed by atoms with van der Waals surface area (Å²) < 4.78 is 10.8. The number of hydrogen-bond acceptors (Lipinski definition) is 6. The molecule has 0 saturated carbocycles. The van der Waals surface area contributed by atoms with Gasteiger partial charge in [-0.2, -0.15) is 0 Å². The Morgan fingerprint density at radius 1 is 1.16 bits per heavy atom. The molecule has 3 aliphatic rings. The Hall–Kier alpha value is -3.47. The van der Waals surface area contributed by atoms with Gasteiger partial charge < -0.3 is 25.0 Å². The number of imide groups is 1. The molecule has 38 heavy (non-hydrogen) atoms. The third-order valence-electron chi connectivity index (χ3n) is 7.14. The Morgan fingerprint density at radius 2 is 1.95 bits per heavy atom. The van der Waals surface area contributed by atoms with E-state index in [9.17, 15) is 19.2 Å². The Bertz CT molecular complexity index is 1290. The lowest BCUT2D eigenvalue weighted by Crippen LogP contribution is -2.52. The van der Waals surface area contributed by atoms with E-state index in [0.29, 0.717) is 49.2 Å². The summed E-state index contributed by atoms with van der Waals surface area (Å²) in [5.41, 5.74) is 4.61. The van der Waals surface area contributed by atoms with Crippen LogP contribution in [-0.4, -0.2) is 54.7 Å². The molecular formula is C27H29ClN4O6. The molecule has 0 bridgehead atoms. The average molecular weight is 541 g/mol. The van der Waals surface area contributed by atoms with E-state index in [2.05, 4.69) is 16.0 Å². The van der Waals surface area contributed by atoms with Crippen LogP contribution in [0.25, 0.3) is 0 Å². The molecule has 0 radical (unpaired) electrons. The van der Waals surface area contributed by atoms with E-state index in [4.69, 9.17) is 21.1 Å². The van der Waals surface area contributed by atoms with Crippen molar-refractivity contribution in [2.75, 3.05) is 25.3 Å². The summed E-state index contributed by atoms with van der Waals surface area (Å²) in [6.45, 7) is 4.00. The van der Waals surface area contributed by atoms with E-state index < -0.39 is 18.0 Å². The van der Waals surface area contributed by atoms with Crippen molar-refractivity contribution in [1.29, 1.82) is 0 Å². The minimum atomic E-state index is -0.663. The topological polar surface area (TPSA) is 126 Å². The van der Waals surface area contributed by atoms with Crippen LogP contribution in [0.4, 0.5) is 10.5 Å². The number of benzene rings is 2. The standard InChI is InChI=1S/C27H29ClN4O6/c1-15-19(6-17-12-37-14-38-13-17)8-20(9-22(15)28)30-27(36)29-10-16-2-3-18-11-32(26(35)21(18)7-16)23-4-5-24(33)31-25(23)34/h2-3,7-9,17,23H,4-6,10-14H2,1H3,(H2,29,30,36)(H,31,33,34). The van der Waals surface area contributed by atoms with Gasteiger partial charge in [0.2, 0.25) is 11.8 Å². The first kappa shape index (κ1) is 26.1. The van der Waals surface area contributed by atoms with Gasteiger partial charge in [0.25, 0.3) is 5.91 Å². The van der Waals surface area contributed by atoms with Crippen LogP contribution in [0.2, 0.25) is 5.02 Å². The second-order valence-electron chi connectivity index (χ2n) is 9.87. The van der Waals surface area contributed by atoms with Crippen molar-refractivity contribution in [3.63, 3.8) is 0 Å². The van der Waals surface area contributed by atoms with Crippen LogP contribution in [-0.2, 0) is 38.6 Å². The summed E-state index contributed by atoms with van der Waals surface area (Å²) in [5, 5.41) is 8.51. The summed E-state index contributed by atoms with van der Waals surface area (Å²) in [4.78, 5) is 50.9. The van der Waals surface area contributed by atoms with Crippen molar-refractivity contribution >= 4 is 41.0 Å². The van der Waals surface area contributed by atoms with Crippen LogP contribution >= 0.6 is 11.6 Å². The van der Waals surface area contributed by atoms with E-state index in [1.54, 1.807) is 12.1 Å². The Labute approximate surface area is 225 Å². The number of anilines is 1. The van der Waals surface area contributed by atoms with Gasteiger partial charge in [-0.1, -0.05) is 23.7 Å². The quantitative estimate of drug-likeness (QED) is 0.484. The lowest BCUT2D eigenvalue weighted by molar-refractivity contribution is -0.136. The number of urea groups is 1. The zero-order valence-electron chi connectivity index (χ0n) is 21.0. The number of rotatable bonds is 6. The number of hydrogen-bond donors (Lipinski definition) is 3. The molecule has 200 valence electrons. The lowest BCUT2D eigenvalue weighted by atomic mass is 9.96. The third-order valence-corrected chi connectivity index (χ3v) is 7.53. The SMILES string of the molecule is Cc1c(Cl)cc(NC(=O)NCc2ccc3c(c2)C(=O)N(C2CCC(=O)NC2=O)C3)cc1CC1COCOC1. The van der Waals surface area contributed by atoms with Gasteiger partial charge in [-0.05, 0) is 60.2 Å². The highest BCUT2D eigenvalue weighted by molar-refractivity contribution is 6.31. The Balaban J connectivity index is 1.19. The molecule has 11 heteroatoms. The maximum atomic E-state index is 13.0. The number of carbonyl (C=O) groups is 4. The number of piperidine rings is 1. The molecule has 2 aromatic rings. The molecule has 5 amide bonds. The molecule has 0 aromatic heterocycles. The van der Waals surface area contributed by atoms with E-state index in [1.807, 2.05) is 25.1 Å². The van der Waals surface area contributed by atoms with Crippen molar-refractivity contribution in [3.05, 3.63) is 63.2 Å². The summed E-state index contributed by atoms with van der Waals surface area (Å²) >= 11 is 6.43. The summed E-state index contributed by atoms with van der Waals surface area (Å²) in [5.74, 6) is -0.798. The predicted molar refractivity (Wildman–Crippen MR) is 138 cm³/mol. The molecule has 5 rings (SSSR count). The summed E-state index contributed by atoms with van der Waals surface area (Å²) in [6.07, 6.45) is 1.24. The molecule has 2 saturated heterocycles. The van der Waals surface area contributed by atoms with Crippen molar-refractivity contribution in [2.45, 2.75) is 45.3 Å². The van der Waals surface area contributed by atoms with Gasteiger partial charge in [-0.15, -0.1) is 0 Å². The third kappa shape index (κ3) is 5.67. The van der Waals surface area contributed by atoms with Gasteiger partial charge in [0, 0.05) is 41.7 Å². The molecule has 0 aliphatic carbocycles. The van der Waals surface area contributed by atoms with Crippen LogP contribution in [0.5, 0.6) is 0 Å². The van der Waals surface area contributed by atoms with Crippen LogP contribution in [0.1, 0.15) is 45.5 Å². The van der Waals surface area contributed by atoms with Gasteiger partial charge >= 0.3 is 6.03 Å². The van der Waals surface area contributed by atoms with E-state index in [1.165, 1.54) is 4.90 Å². The van der Waals surface area contributed by atoms with Gasteiger partial charge in [0.05, 0.1) is 13.2 Å². The number of fused-ring (bicyclic) bond motifs is 1. The van der Waals surface area contributed by atoms with Crippen molar-refractivity contribution < 1.29 is 28.7 Å². The van der Waals surface area contributed by atoms with Gasteiger partial charge in [0.15, 0.2) is 0 Å². The maximum Gasteiger partial charge on any atom is 0.319 e. The number of amides is 5. The second kappa shape index (κ2) is 11.1. The predicted octanol–water partition coefficient (Wildman–Crippen LogP) is 2.89. The highest BCUT2D eigenvalue weighted by Gasteiger charge is 2.39. The number of carbonyl (C=O) groups excluding carboxylic acids is 4. The van der Waals surface area contributed by atoms with Gasteiger partial charge in [0.1, 0.15) is 12.8 Å². The number of halogens is 1. The first-order valence-electron chi connectivity index (χ1n) is 12.5. The maximum absolute atomic E-state index is 13.0. The fourth-order valence-corrected chi connectivity index (χ4v) is 5.29. The average Bonchev–Trinajstić information content (AvgIpc) is 3.22. The molecule has 3 heterocycles. The van der Waals surface area contributed by atoms with Gasteiger partial charge in [-0.3, -0.25) is 19.7 Å². The lowest BCUT2D eigenvalue weighted by Gasteiger charge is -2.29. The van der Waals surface area contributed by atoms with Crippen molar-refractivity contribution in [3.8, 4) is 0 Å².